The smallest absolute Gasteiger partial charge is 0.349 e. The van der Waals surface area contributed by atoms with E-state index in [-0.39, 0.29) is 54.8 Å². The largest absolute Gasteiger partial charge is 0.433 e. The van der Waals surface area contributed by atoms with Crippen molar-refractivity contribution in [3.8, 4) is 23.4 Å². The summed E-state index contributed by atoms with van der Waals surface area (Å²) in [6.07, 6.45) is 0. The van der Waals surface area contributed by atoms with Crippen molar-refractivity contribution in [3.05, 3.63) is 57.5 Å². The Morgan fingerprint density at radius 2 is 1.66 bits per heavy atom. The van der Waals surface area contributed by atoms with E-state index in [0.717, 1.165) is 0 Å². The van der Waals surface area contributed by atoms with Gasteiger partial charge in [-0.3, -0.25) is 14.6 Å². The van der Waals surface area contributed by atoms with Gasteiger partial charge in [0.1, 0.15) is 26.8 Å². The molecule has 0 aliphatic heterocycles. The average Bonchev–Trinajstić information content (AvgIpc) is 2.72. The zero-order chi connectivity index (χ0) is 23.9. The van der Waals surface area contributed by atoms with Gasteiger partial charge < -0.3 is 4.74 Å². The van der Waals surface area contributed by atoms with E-state index in [1.807, 2.05) is 4.98 Å². The lowest BCUT2D eigenvalue weighted by Crippen LogP contribution is -2.39. The number of benzene rings is 1. The van der Waals surface area contributed by atoms with Crippen molar-refractivity contribution >= 4 is 61.4 Å². The molecule has 2 heterocycles. The molecule has 32 heavy (non-hydrogen) atoms. The second-order valence-corrected chi connectivity index (χ2v) is 7.74. The second kappa shape index (κ2) is 8.86. The molecule has 15 heteroatoms. The third-order valence-corrected chi connectivity index (χ3v) is 5.35. The van der Waals surface area contributed by atoms with Crippen LogP contribution < -0.4 is 32.5 Å². The molecule has 2 N–H and O–H groups in total. The Kier molecular flexibility index (Phi) is 6.55. The number of nitrogens with one attached hydrogen (secondary N) is 2. The molecule has 0 aliphatic carbocycles. The Hall–Kier alpha value is -3.00. The first-order chi connectivity index (χ1) is 15.0. The molecule has 0 atom stereocenters. The van der Waals surface area contributed by atoms with E-state index in [1.165, 1.54) is 6.07 Å². The lowest BCUT2D eigenvalue weighted by Gasteiger charge is -2.19. The fourth-order valence-electron chi connectivity index (χ4n) is 2.74. The third-order valence-electron chi connectivity index (χ3n) is 4.23. The fraction of sp³-hybridized carbons (Fsp3) is 0.176. The first kappa shape index (κ1) is 23.7. The Bertz CT molecular complexity index is 1450. The van der Waals surface area contributed by atoms with Crippen LogP contribution in [0.5, 0.6) is 11.6 Å². The van der Waals surface area contributed by atoms with Crippen LogP contribution in [0.4, 0.5) is 0 Å². The Labute approximate surface area is 196 Å². The number of hydrogen-bond acceptors (Lipinski definition) is 7. The van der Waals surface area contributed by atoms with Crippen LogP contribution >= 0.6 is 34.8 Å². The van der Waals surface area contributed by atoms with E-state index in [2.05, 4.69) is 15.3 Å². The molecular formula is C17H9B2Cl3N6O4. The van der Waals surface area contributed by atoms with Gasteiger partial charge in [-0.05, 0) is 16.8 Å². The number of halogens is 3. The van der Waals surface area contributed by atoms with Crippen molar-refractivity contribution in [1.82, 2.24) is 25.0 Å². The van der Waals surface area contributed by atoms with E-state index in [0.29, 0.717) is 4.68 Å². The summed E-state index contributed by atoms with van der Waals surface area (Å²) in [6, 6.07) is 1.53. The van der Waals surface area contributed by atoms with Gasteiger partial charge in [0, 0.05) is 5.56 Å². The van der Waals surface area contributed by atoms with Crippen LogP contribution in [0.3, 0.4) is 0 Å². The zero-order valence-electron chi connectivity index (χ0n) is 16.3. The zero-order valence-corrected chi connectivity index (χ0v) is 18.6. The topological polar surface area (TPSA) is 147 Å². The van der Waals surface area contributed by atoms with Crippen molar-refractivity contribution < 1.29 is 4.74 Å². The van der Waals surface area contributed by atoms with Gasteiger partial charge in [-0.25, -0.2) is 9.89 Å². The maximum atomic E-state index is 12.2. The molecule has 0 fully saturated rings. The van der Waals surface area contributed by atoms with Crippen LogP contribution in [-0.4, -0.2) is 40.7 Å². The predicted molar refractivity (Wildman–Crippen MR) is 120 cm³/mol. The maximum absolute atomic E-state index is 12.2. The number of rotatable bonds is 4. The highest BCUT2D eigenvalue weighted by Crippen LogP contribution is 2.37. The number of nitriles is 1. The van der Waals surface area contributed by atoms with Gasteiger partial charge in [0.25, 0.3) is 17.0 Å². The average molecular weight is 489 g/mol. The summed E-state index contributed by atoms with van der Waals surface area (Å²) < 4.78 is 6.19. The second-order valence-electron chi connectivity index (χ2n) is 6.61. The molecule has 1 aromatic carbocycles. The lowest BCUT2D eigenvalue weighted by molar-refractivity contribution is 0.453. The Balaban J connectivity index is 2.24. The number of hydrogen-bond donors (Lipinski definition) is 2. The normalized spacial score (nSPS) is 10.9. The molecule has 4 radical (unpaired) electrons. The summed E-state index contributed by atoms with van der Waals surface area (Å²) in [5.41, 5.74) is -3.84. The molecule has 3 aromatic rings. The van der Waals surface area contributed by atoms with E-state index >= 15 is 0 Å². The van der Waals surface area contributed by atoms with Gasteiger partial charge in [0.2, 0.25) is 5.69 Å². The molecule has 3 rings (SSSR count). The molecule has 0 saturated heterocycles. The summed E-state index contributed by atoms with van der Waals surface area (Å²) in [6.45, 7) is 3.49. The first-order valence-corrected chi connectivity index (χ1v) is 9.78. The van der Waals surface area contributed by atoms with Crippen LogP contribution in [0, 0.1) is 11.3 Å². The molecule has 0 spiro atoms. The summed E-state index contributed by atoms with van der Waals surface area (Å²) in [5, 5.41) is 18.0. The number of H-pyrrole nitrogens is 2. The Morgan fingerprint density at radius 1 is 1.06 bits per heavy atom. The van der Waals surface area contributed by atoms with Crippen LogP contribution in [0.25, 0.3) is 5.69 Å². The molecule has 158 valence electrons. The molecule has 10 nitrogen and oxygen atoms in total. The van der Waals surface area contributed by atoms with Crippen molar-refractivity contribution in [2.75, 3.05) is 0 Å². The van der Waals surface area contributed by atoms with E-state index in [9.17, 15) is 14.4 Å². The first-order valence-electron chi connectivity index (χ1n) is 8.65. The third kappa shape index (κ3) is 3.95. The molecule has 0 bridgehead atoms. The number of aromatic amines is 2. The van der Waals surface area contributed by atoms with Crippen molar-refractivity contribution in [3.63, 3.8) is 0 Å². The van der Waals surface area contributed by atoms with Gasteiger partial charge in [-0.2, -0.15) is 9.94 Å². The van der Waals surface area contributed by atoms with Crippen molar-refractivity contribution in [2.45, 2.75) is 19.8 Å². The fourth-order valence-corrected chi connectivity index (χ4v) is 3.62. The summed E-state index contributed by atoms with van der Waals surface area (Å²) in [5.74, 6) is -0.745. The lowest BCUT2D eigenvalue weighted by atomic mass is 9.84. The number of ether oxygens (including phenoxy) is 1. The van der Waals surface area contributed by atoms with Gasteiger partial charge in [-0.1, -0.05) is 48.7 Å². The minimum atomic E-state index is -1.04. The minimum Gasteiger partial charge on any atom is -0.433 e. The van der Waals surface area contributed by atoms with Crippen LogP contribution in [0.15, 0.2) is 14.4 Å². The number of aromatic nitrogens is 5. The summed E-state index contributed by atoms with van der Waals surface area (Å²) in [7, 11) is 12.1. The monoisotopic (exact) mass is 488 g/mol. The maximum Gasteiger partial charge on any atom is 0.349 e. The molecule has 0 aliphatic rings. The highest BCUT2D eigenvalue weighted by atomic mass is 35.5. The van der Waals surface area contributed by atoms with Gasteiger partial charge >= 0.3 is 5.69 Å². The van der Waals surface area contributed by atoms with Crippen molar-refractivity contribution in [2.24, 2.45) is 0 Å². The van der Waals surface area contributed by atoms with Crippen LogP contribution in [-0.2, 0) is 0 Å². The van der Waals surface area contributed by atoms with Gasteiger partial charge in [0.15, 0.2) is 5.75 Å². The van der Waals surface area contributed by atoms with E-state index in [4.69, 9.17) is 60.5 Å². The highest BCUT2D eigenvalue weighted by Gasteiger charge is 2.24. The molecule has 0 saturated carbocycles. The SMILES string of the molecule is [B]c1c(Cl)c(Oc2n[nH]c(=O)c(C(C)C)c2Cl)c(Cl)c([B])c1-n1nc(C#N)c(=O)[nH]c1=O. The summed E-state index contributed by atoms with van der Waals surface area (Å²) in [4.78, 5) is 37.8. The standard InChI is InChI=1S/C17H9B2Cl3N6O4/c1-4(2)6-9(20)16(26-25-15(6)30)32-13-10(21)7(18)12(8(19)11(13)22)28-17(31)24-14(29)5(3-23)27-28/h4H,1-2H3,(H,25,30)(H,24,29,31). The minimum absolute atomic E-state index is 0.0747. The van der Waals surface area contributed by atoms with Crippen LogP contribution in [0.2, 0.25) is 15.1 Å². The summed E-state index contributed by atoms with van der Waals surface area (Å²) >= 11 is 18.9. The van der Waals surface area contributed by atoms with Gasteiger partial charge in [-0.15, -0.1) is 10.2 Å². The quantitative estimate of drug-likeness (QED) is 0.503. The van der Waals surface area contributed by atoms with E-state index in [1.54, 1.807) is 13.8 Å². The van der Waals surface area contributed by atoms with E-state index < -0.39 is 22.5 Å². The molecule has 2 aromatic heterocycles. The van der Waals surface area contributed by atoms with Crippen molar-refractivity contribution in [1.29, 1.82) is 5.26 Å². The predicted octanol–water partition coefficient (Wildman–Crippen LogP) is 0.339. The highest BCUT2D eigenvalue weighted by molar-refractivity contribution is 6.55. The molecule has 0 amide bonds. The molecular weight excluding hydrogens is 480 g/mol. The number of nitrogens with zero attached hydrogens (tertiary/aromatic N) is 4. The Morgan fingerprint density at radius 3 is 2.19 bits per heavy atom. The van der Waals surface area contributed by atoms with Gasteiger partial charge in [0.05, 0.1) is 15.7 Å². The molecule has 0 unspecified atom stereocenters. The van der Waals surface area contributed by atoms with Crippen LogP contribution in [0.1, 0.15) is 31.0 Å².